The Morgan fingerprint density at radius 2 is 1.76 bits per heavy atom. The zero-order chi connectivity index (χ0) is 21.7. The number of methoxy groups -OCH3 is 1. The van der Waals surface area contributed by atoms with Crippen LogP contribution in [0.25, 0.3) is 0 Å². The maximum atomic E-state index is 14.9. The van der Waals surface area contributed by atoms with Gasteiger partial charge in [-0.3, -0.25) is 0 Å². The average Bonchev–Trinajstić information content (AvgIpc) is 2.66. The molecule has 0 unspecified atom stereocenters. The van der Waals surface area contributed by atoms with Crippen molar-refractivity contribution in [2.45, 2.75) is 77.2 Å². The number of hydrogen-bond acceptors (Lipinski definition) is 5. The second-order valence-electron chi connectivity index (χ2n) is 8.37. The molecule has 0 bridgehead atoms. The standard InChI is InChI=1S/C22H32FNO5/c1-6-28-19(25)22(23)13-11-17(12-14-22)24(20(26)29-21(2,3)4)15-16-7-9-18(27-5)10-8-16/h7-10,17H,6,11-15H2,1-5H3. The summed E-state index contributed by atoms with van der Waals surface area (Å²) in [5.74, 6) is -0.0793. The summed E-state index contributed by atoms with van der Waals surface area (Å²) in [5, 5.41) is 0. The molecule has 0 saturated heterocycles. The van der Waals surface area contributed by atoms with Crippen LogP contribution in [0.15, 0.2) is 24.3 Å². The predicted octanol–water partition coefficient (Wildman–Crippen LogP) is 4.65. The Labute approximate surface area is 172 Å². The first-order chi connectivity index (χ1) is 13.6. The van der Waals surface area contributed by atoms with Crippen LogP contribution in [0.4, 0.5) is 9.18 Å². The lowest BCUT2D eigenvalue weighted by Gasteiger charge is -2.39. The third-order valence-corrected chi connectivity index (χ3v) is 4.97. The van der Waals surface area contributed by atoms with Gasteiger partial charge in [0.1, 0.15) is 11.4 Å². The van der Waals surface area contributed by atoms with Crippen molar-refractivity contribution in [3.05, 3.63) is 29.8 Å². The Morgan fingerprint density at radius 1 is 1.17 bits per heavy atom. The summed E-state index contributed by atoms with van der Waals surface area (Å²) in [6, 6.07) is 7.22. The number of nitrogens with zero attached hydrogens (tertiary/aromatic N) is 1. The summed E-state index contributed by atoms with van der Waals surface area (Å²) in [6.45, 7) is 7.57. The van der Waals surface area contributed by atoms with Crippen molar-refractivity contribution in [3.8, 4) is 5.75 Å². The molecule has 0 aliphatic heterocycles. The molecule has 1 saturated carbocycles. The van der Waals surface area contributed by atoms with Crippen molar-refractivity contribution in [1.82, 2.24) is 4.90 Å². The molecule has 0 heterocycles. The number of benzene rings is 1. The minimum atomic E-state index is -1.98. The lowest BCUT2D eigenvalue weighted by Crippen LogP contribution is -2.48. The van der Waals surface area contributed by atoms with E-state index in [1.54, 1.807) is 18.9 Å². The number of carbonyl (C=O) groups is 2. The molecule has 2 rings (SSSR count). The van der Waals surface area contributed by atoms with Gasteiger partial charge in [0.05, 0.1) is 13.7 Å². The van der Waals surface area contributed by atoms with E-state index >= 15 is 0 Å². The van der Waals surface area contributed by atoms with E-state index in [0.717, 1.165) is 11.3 Å². The van der Waals surface area contributed by atoms with Crippen molar-refractivity contribution in [1.29, 1.82) is 0 Å². The van der Waals surface area contributed by atoms with Crippen molar-refractivity contribution >= 4 is 12.1 Å². The Hall–Kier alpha value is -2.31. The number of halogens is 1. The van der Waals surface area contributed by atoms with Gasteiger partial charge in [0.25, 0.3) is 0 Å². The molecule has 0 spiro atoms. The zero-order valence-electron chi connectivity index (χ0n) is 18.0. The smallest absolute Gasteiger partial charge is 0.410 e. The highest BCUT2D eigenvalue weighted by Gasteiger charge is 2.45. The first-order valence-corrected chi connectivity index (χ1v) is 10.1. The molecule has 1 aromatic carbocycles. The quantitative estimate of drug-likeness (QED) is 0.640. The molecule has 162 valence electrons. The number of esters is 1. The van der Waals surface area contributed by atoms with E-state index in [9.17, 15) is 14.0 Å². The molecule has 6 nitrogen and oxygen atoms in total. The van der Waals surface area contributed by atoms with E-state index in [4.69, 9.17) is 14.2 Å². The number of carbonyl (C=O) groups excluding carboxylic acids is 2. The first kappa shape index (κ1) is 23.0. The summed E-state index contributed by atoms with van der Waals surface area (Å²) in [7, 11) is 1.59. The molecule has 0 radical (unpaired) electrons. The third-order valence-electron chi connectivity index (χ3n) is 4.97. The molecule has 7 heteroatoms. The molecule has 1 fully saturated rings. The topological polar surface area (TPSA) is 65.1 Å². The molecular weight excluding hydrogens is 377 g/mol. The van der Waals surface area contributed by atoms with Gasteiger partial charge >= 0.3 is 12.1 Å². The number of hydrogen-bond donors (Lipinski definition) is 0. The zero-order valence-corrected chi connectivity index (χ0v) is 18.0. The first-order valence-electron chi connectivity index (χ1n) is 10.1. The Balaban J connectivity index is 2.15. The summed E-state index contributed by atoms with van der Waals surface area (Å²) in [6.07, 6.45) is 0.340. The van der Waals surface area contributed by atoms with Crippen molar-refractivity contribution < 1.29 is 28.2 Å². The van der Waals surface area contributed by atoms with Crippen LogP contribution in [-0.2, 0) is 20.8 Å². The molecule has 1 aromatic rings. The highest BCUT2D eigenvalue weighted by Crippen LogP contribution is 2.36. The van der Waals surface area contributed by atoms with Gasteiger partial charge in [-0.2, -0.15) is 0 Å². The summed E-state index contributed by atoms with van der Waals surface area (Å²) >= 11 is 0. The predicted molar refractivity (Wildman–Crippen MR) is 107 cm³/mol. The lowest BCUT2D eigenvalue weighted by molar-refractivity contribution is -0.160. The van der Waals surface area contributed by atoms with Crippen LogP contribution in [0.5, 0.6) is 5.75 Å². The average molecular weight is 409 g/mol. The Bertz CT molecular complexity index is 690. The highest BCUT2D eigenvalue weighted by molar-refractivity contribution is 5.79. The summed E-state index contributed by atoms with van der Waals surface area (Å²) < 4.78 is 30.6. The van der Waals surface area contributed by atoms with E-state index in [2.05, 4.69) is 0 Å². The number of amides is 1. The normalized spacial score (nSPS) is 21.9. The van der Waals surface area contributed by atoms with E-state index in [-0.39, 0.29) is 25.5 Å². The fourth-order valence-electron chi connectivity index (χ4n) is 3.43. The molecule has 0 aromatic heterocycles. The molecule has 1 aliphatic carbocycles. The van der Waals surface area contributed by atoms with Gasteiger partial charge in [0.2, 0.25) is 5.67 Å². The maximum absolute atomic E-state index is 14.9. The molecule has 29 heavy (non-hydrogen) atoms. The van der Waals surface area contributed by atoms with Gasteiger partial charge in [-0.15, -0.1) is 0 Å². The van der Waals surface area contributed by atoms with Crippen molar-refractivity contribution in [3.63, 3.8) is 0 Å². The van der Waals surface area contributed by atoms with Gasteiger partial charge in [-0.25, -0.2) is 14.0 Å². The van der Waals surface area contributed by atoms with Gasteiger partial charge in [-0.1, -0.05) is 12.1 Å². The summed E-state index contributed by atoms with van der Waals surface area (Å²) in [4.78, 5) is 26.5. The van der Waals surface area contributed by atoms with Gasteiger partial charge < -0.3 is 19.1 Å². The third kappa shape index (κ3) is 6.34. The number of alkyl halides is 1. The van der Waals surface area contributed by atoms with Crippen LogP contribution < -0.4 is 4.74 Å². The van der Waals surface area contributed by atoms with Crippen LogP contribution in [0.3, 0.4) is 0 Å². The van der Waals surface area contributed by atoms with Crippen LogP contribution >= 0.6 is 0 Å². The van der Waals surface area contributed by atoms with E-state index < -0.39 is 23.3 Å². The molecule has 0 atom stereocenters. The van der Waals surface area contributed by atoms with Gasteiger partial charge in [0, 0.05) is 12.6 Å². The van der Waals surface area contributed by atoms with Crippen molar-refractivity contribution in [2.24, 2.45) is 0 Å². The van der Waals surface area contributed by atoms with Crippen molar-refractivity contribution in [2.75, 3.05) is 13.7 Å². The van der Waals surface area contributed by atoms with Crippen LogP contribution in [0, 0.1) is 0 Å². The second-order valence-corrected chi connectivity index (χ2v) is 8.37. The van der Waals surface area contributed by atoms with E-state index in [1.165, 1.54) is 0 Å². The van der Waals surface area contributed by atoms with Crippen LogP contribution in [-0.4, -0.2) is 48.0 Å². The van der Waals surface area contributed by atoms with Crippen LogP contribution in [0.2, 0.25) is 0 Å². The lowest BCUT2D eigenvalue weighted by atomic mass is 9.83. The highest BCUT2D eigenvalue weighted by atomic mass is 19.1. The SMILES string of the molecule is CCOC(=O)C1(F)CCC(N(Cc2ccc(OC)cc2)C(=O)OC(C)(C)C)CC1. The monoisotopic (exact) mass is 409 g/mol. The summed E-state index contributed by atoms with van der Waals surface area (Å²) in [5.41, 5.74) is -1.70. The number of ether oxygens (including phenoxy) is 3. The maximum Gasteiger partial charge on any atom is 0.410 e. The fourth-order valence-corrected chi connectivity index (χ4v) is 3.43. The molecule has 1 amide bonds. The van der Waals surface area contributed by atoms with Gasteiger partial charge in [0.15, 0.2) is 0 Å². The molecule has 1 aliphatic rings. The minimum Gasteiger partial charge on any atom is -0.497 e. The fraction of sp³-hybridized carbons (Fsp3) is 0.636. The van der Waals surface area contributed by atoms with E-state index in [0.29, 0.717) is 19.4 Å². The largest absolute Gasteiger partial charge is 0.497 e. The minimum absolute atomic E-state index is 0.0262. The molecule has 0 N–H and O–H groups in total. The van der Waals surface area contributed by atoms with E-state index in [1.807, 2.05) is 45.0 Å². The molecular formula is C22H32FNO5. The Kier molecular flexibility index (Phi) is 7.49. The number of rotatable bonds is 6. The van der Waals surface area contributed by atoms with Gasteiger partial charge in [-0.05, 0) is 71.1 Å². The van der Waals surface area contributed by atoms with Crippen LogP contribution in [0.1, 0.15) is 58.9 Å². The Morgan fingerprint density at radius 3 is 2.24 bits per heavy atom. The second kappa shape index (κ2) is 9.46.